The number of nitrogens with zero attached hydrogens (tertiary/aromatic N) is 3. The Hall–Kier alpha value is -3.48. The van der Waals surface area contributed by atoms with Crippen LogP contribution in [0.25, 0.3) is 28.4 Å². The molecule has 0 saturated heterocycles. The Morgan fingerprint density at radius 3 is 2.56 bits per heavy atom. The molecule has 0 amide bonds. The molecule has 0 bridgehead atoms. The number of methoxy groups -OCH3 is 2. The van der Waals surface area contributed by atoms with Gasteiger partial charge in [0.15, 0.2) is 22.9 Å². The van der Waals surface area contributed by atoms with Crippen LogP contribution in [-0.2, 0) is 0 Å². The van der Waals surface area contributed by atoms with Gasteiger partial charge in [-0.15, -0.1) is 5.10 Å². The van der Waals surface area contributed by atoms with E-state index in [1.807, 2.05) is 30.3 Å². The number of nitrogen functional groups attached to an aromatic ring is 1. The lowest BCUT2D eigenvalue weighted by Gasteiger charge is -2.10. The molecular weight excluding hydrogens is 320 g/mol. The molecule has 0 aliphatic heterocycles. The molecule has 4 aromatic rings. The second kappa shape index (κ2) is 5.86. The maximum atomic E-state index is 6.16. The summed E-state index contributed by atoms with van der Waals surface area (Å²) in [4.78, 5) is 4.50. The van der Waals surface area contributed by atoms with Gasteiger partial charge in [0, 0.05) is 0 Å². The van der Waals surface area contributed by atoms with Crippen molar-refractivity contribution >= 4 is 11.5 Å². The highest BCUT2D eigenvalue weighted by Crippen LogP contribution is 2.33. The third-order valence-electron chi connectivity index (χ3n) is 3.92. The zero-order valence-electron chi connectivity index (χ0n) is 13.8. The van der Waals surface area contributed by atoms with Gasteiger partial charge in [-0.3, -0.25) is 0 Å². The molecule has 0 fully saturated rings. The summed E-state index contributed by atoms with van der Waals surface area (Å²) in [6, 6.07) is 13.0. The van der Waals surface area contributed by atoms with Gasteiger partial charge in [-0.25, -0.2) is 4.98 Å². The molecule has 1 aromatic carbocycles. The number of anilines is 1. The molecule has 0 radical (unpaired) electrons. The van der Waals surface area contributed by atoms with Crippen LogP contribution in [-0.4, -0.2) is 28.8 Å². The fraction of sp³-hybridized carbons (Fsp3) is 0.111. The predicted molar refractivity (Wildman–Crippen MR) is 93.6 cm³/mol. The van der Waals surface area contributed by atoms with E-state index in [-0.39, 0.29) is 0 Å². The van der Waals surface area contributed by atoms with E-state index in [0.29, 0.717) is 34.5 Å². The fourth-order valence-corrected chi connectivity index (χ4v) is 2.70. The van der Waals surface area contributed by atoms with Gasteiger partial charge in [0.1, 0.15) is 5.82 Å². The maximum Gasteiger partial charge on any atom is 0.217 e. The smallest absolute Gasteiger partial charge is 0.217 e. The van der Waals surface area contributed by atoms with Crippen molar-refractivity contribution in [2.45, 2.75) is 0 Å². The van der Waals surface area contributed by atoms with Crippen LogP contribution in [0.15, 0.2) is 53.1 Å². The Balaban J connectivity index is 1.83. The van der Waals surface area contributed by atoms with Crippen molar-refractivity contribution in [2.75, 3.05) is 20.0 Å². The van der Waals surface area contributed by atoms with Gasteiger partial charge < -0.3 is 19.6 Å². The minimum atomic E-state index is 0.479. The number of aromatic nitrogens is 3. The maximum absolute atomic E-state index is 6.16. The normalized spacial score (nSPS) is 11.0. The average molecular weight is 336 g/mol. The number of furan rings is 1. The lowest BCUT2D eigenvalue weighted by molar-refractivity contribution is 0.355. The van der Waals surface area contributed by atoms with E-state index in [4.69, 9.17) is 19.6 Å². The summed E-state index contributed by atoms with van der Waals surface area (Å²) in [5, 5.41) is 4.39. The van der Waals surface area contributed by atoms with E-state index >= 15 is 0 Å². The van der Waals surface area contributed by atoms with Gasteiger partial charge in [-0.05, 0) is 47.5 Å². The minimum Gasteiger partial charge on any atom is -0.493 e. The molecular formula is C18H16N4O3. The van der Waals surface area contributed by atoms with Crippen LogP contribution >= 0.6 is 0 Å². The number of nitrogens with two attached hydrogens (primary N) is 1. The summed E-state index contributed by atoms with van der Waals surface area (Å²) in [7, 11) is 3.21. The molecule has 0 saturated carbocycles. The molecule has 0 aliphatic carbocycles. The minimum absolute atomic E-state index is 0.479. The molecule has 0 aliphatic rings. The Bertz CT molecular complexity index is 1040. The monoisotopic (exact) mass is 336 g/mol. The largest absolute Gasteiger partial charge is 0.493 e. The highest BCUT2D eigenvalue weighted by Gasteiger charge is 2.13. The van der Waals surface area contributed by atoms with E-state index in [1.54, 1.807) is 37.1 Å². The molecule has 126 valence electrons. The van der Waals surface area contributed by atoms with Crippen molar-refractivity contribution < 1.29 is 13.9 Å². The standard InChI is InChI=1S/C18H16N4O3/c1-23-13-6-5-11(8-15(13)24-2)12-9-16(19)22-17(10-12)20-18(21-22)14-4-3-7-25-14/h3-10H,19H2,1-2H3. The highest BCUT2D eigenvalue weighted by molar-refractivity contribution is 5.73. The Morgan fingerprint density at radius 2 is 1.84 bits per heavy atom. The summed E-state index contributed by atoms with van der Waals surface area (Å²) >= 11 is 0. The van der Waals surface area contributed by atoms with Crippen molar-refractivity contribution in [3.63, 3.8) is 0 Å². The third-order valence-corrected chi connectivity index (χ3v) is 3.92. The quantitative estimate of drug-likeness (QED) is 0.615. The molecule has 3 aromatic heterocycles. The van der Waals surface area contributed by atoms with Crippen LogP contribution in [0.1, 0.15) is 0 Å². The molecule has 2 N–H and O–H groups in total. The highest BCUT2D eigenvalue weighted by atomic mass is 16.5. The van der Waals surface area contributed by atoms with Crippen LogP contribution in [0.5, 0.6) is 11.5 Å². The van der Waals surface area contributed by atoms with Crippen LogP contribution in [0.2, 0.25) is 0 Å². The number of fused-ring (bicyclic) bond motifs is 1. The first kappa shape index (κ1) is 15.1. The summed E-state index contributed by atoms with van der Waals surface area (Å²) in [6.07, 6.45) is 1.58. The van der Waals surface area contributed by atoms with Crippen LogP contribution in [0, 0.1) is 0 Å². The van der Waals surface area contributed by atoms with Crippen LogP contribution < -0.4 is 15.2 Å². The lowest BCUT2D eigenvalue weighted by atomic mass is 10.1. The number of hydrogen-bond acceptors (Lipinski definition) is 6. The average Bonchev–Trinajstić information content (AvgIpc) is 3.30. The van der Waals surface area contributed by atoms with Gasteiger partial charge in [-0.1, -0.05) is 6.07 Å². The molecule has 4 rings (SSSR count). The molecule has 0 unspecified atom stereocenters. The molecule has 7 heteroatoms. The van der Waals surface area contributed by atoms with E-state index in [1.165, 1.54) is 0 Å². The second-order valence-electron chi connectivity index (χ2n) is 5.42. The van der Waals surface area contributed by atoms with Crippen LogP contribution in [0.4, 0.5) is 5.82 Å². The van der Waals surface area contributed by atoms with E-state index < -0.39 is 0 Å². The van der Waals surface area contributed by atoms with Gasteiger partial charge in [0.25, 0.3) is 0 Å². The fourth-order valence-electron chi connectivity index (χ4n) is 2.70. The summed E-state index contributed by atoms with van der Waals surface area (Å²) in [5.41, 5.74) is 8.64. The van der Waals surface area contributed by atoms with Crippen molar-refractivity contribution in [3.8, 4) is 34.2 Å². The number of benzene rings is 1. The zero-order valence-corrected chi connectivity index (χ0v) is 13.8. The Morgan fingerprint density at radius 1 is 1.00 bits per heavy atom. The van der Waals surface area contributed by atoms with E-state index in [9.17, 15) is 0 Å². The first-order chi connectivity index (χ1) is 12.2. The van der Waals surface area contributed by atoms with Crippen molar-refractivity contribution in [1.82, 2.24) is 14.6 Å². The zero-order chi connectivity index (χ0) is 17.4. The van der Waals surface area contributed by atoms with Gasteiger partial charge in [0.05, 0.1) is 20.5 Å². The van der Waals surface area contributed by atoms with Crippen molar-refractivity contribution in [1.29, 1.82) is 0 Å². The Labute approximate surface area is 143 Å². The topological polar surface area (TPSA) is 87.8 Å². The van der Waals surface area contributed by atoms with Crippen molar-refractivity contribution in [2.24, 2.45) is 0 Å². The van der Waals surface area contributed by atoms with Gasteiger partial charge in [0.2, 0.25) is 5.82 Å². The molecule has 7 nitrogen and oxygen atoms in total. The summed E-state index contributed by atoms with van der Waals surface area (Å²) < 4.78 is 17.6. The summed E-state index contributed by atoms with van der Waals surface area (Å²) in [5.74, 6) is 2.88. The molecule has 25 heavy (non-hydrogen) atoms. The lowest BCUT2D eigenvalue weighted by Crippen LogP contribution is -1.99. The van der Waals surface area contributed by atoms with E-state index in [2.05, 4.69) is 10.1 Å². The van der Waals surface area contributed by atoms with Crippen molar-refractivity contribution in [3.05, 3.63) is 48.7 Å². The van der Waals surface area contributed by atoms with Gasteiger partial charge >= 0.3 is 0 Å². The number of pyridine rings is 1. The SMILES string of the molecule is COc1ccc(-c2cc(N)n3nc(-c4ccco4)nc3c2)cc1OC. The second-order valence-corrected chi connectivity index (χ2v) is 5.42. The molecule has 0 spiro atoms. The number of hydrogen-bond donors (Lipinski definition) is 1. The van der Waals surface area contributed by atoms with E-state index in [0.717, 1.165) is 11.1 Å². The van der Waals surface area contributed by atoms with Gasteiger partial charge in [-0.2, -0.15) is 4.52 Å². The third kappa shape index (κ3) is 2.55. The molecule has 3 heterocycles. The molecule has 0 atom stereocenters. The first-order valence-corrected chi connectivity index (χ1v) is 7.62. The number of rotatable bonds is 4. The predicted octanol–water partition coefficient (Wildman–Crippen LogP) is 3.26. The Kier molecular flexibility index (Phi) is 3.53. The summed E-state index contributed by atoms with van der Waals surface area (Å²) in [6.45, 7) is 0. The first-order valence-electron chi connectivity index (χ1n) is 7.62. The number of ether oxygens (including phenoxy) is 2. The van der Waals surface area contributed by atoms with Crippen LogP contribution in [0.3, 0.4) is 0 Å².